The standard InChI is InChI=1S/C22H21N3O4/c1-16(25-12-11-23-15-25)19-5-3-4-6-20(19)29-14-21(26)24-13-17-7-9-18(10-8-17)22(27)28-2/h3-12,15H,1,13-14H2,2H3,(H,24,26). The first-order chi connectivity index (χ1) is 14.1. The number of hydrogen-bond acceptors (Lipinski definition) is 5. The molecule has 0 aliphatic carbocycles. The van der Waals surface area contributed by atoms with Gasteiger partial charge in [0.05, 0.1) is 24.7 Å². The van der Waals surface area contributed by atoms with E-state index in [2.05, 4.69) is 21.6 Å². The number of para-hydroxylation sites is 1. The number of aromatic nitrogens is 2. The van der Waals surface area contributed by atoms with E-state index in [0.29, 0.717) is 23.6 Å². The lowest BCUT2D eigenvalue weighted by atomic mass is 10.1. The van der Waals surface area contributed by atoms with E-state index in [1.807, 2.05) is 18.2 Å². The van der Waals surface area contributed by atoms with Crippen molar-refractivity contribution in [3.8, 4) is 5.75 Å². The average Bonchev–Trinajstić information content (AvgIpc) is 3.30. The smallest absolute Gasteiger partial charge is 0.337 e. The lowest BCUT2D eigenvalue weighted by molar-refractivity contribution is -0.123. The van der Waals surface area contributed by atoms with Gasteiger partial charge in [-0.15, -0.1) is 0 Å². The Kier molecular flexibility index (Phi) is 6.42. The fourth-order valence-electron chi connectivity index (χ4n) is 2.66. The molecule has 0 saturated heterocycles. The number of esters is 1. The molecule has 0 saturated carbocycles. The van der Waals surface area contributed by atoms with E-state index in [0.717, 1.165) is 11.1 Å². The lowest BCUT2D eigenvalue weighted by Gasteiger charge is -2.14. The molecule has 0 unspecified atom stereocenters. The van der Waals surface area contributed by atoms with Crippen molar-refractivity contribution in [1.29, 1.82) is 0 Å². The normalized spacial score (nSPS) is 10.2. The van der Waals surface area contributed by atoms with Crippen molar-refractivity contribution >= 4 is 17.6 Å². The van der Waals surface area contributed by atoms with Gasteiger partial charge in [-0.1, -0.05) is 30.8 Å². The maximum Gasteiger partial charge on any atom is 0.337 e. The van der Waals surface area contributed by atoms with Crippen LogP contribution in [0.2, 0.25) is 0 Å². The van der Waals surface area contributed by atoms with Gasteiger partial charge in [0.15, 0.2) is 6.61 Å². The third kappa shape index (κ3) is 5.10. The first kappa shape index (κ1) is 19.9. The number of methoxy groups -OCH3 is 1. The van der Waals surface area contributed by atoms with Crippen molar-refractivity contribution in [2.24, 2.45) is 0 Å². The van der Waals surface area contributed by atoms with Crippen molar-refractivity contribution in [2.45, 2.75) is 6.54 Å². The number of hydrogen-bond donors (Lipinski definition) is 1. The van der Waals surface area contributed by atoms with Crippen LogP contribution in [0.15, 0.2) is 73.8 Å². The summed E-state index contributed by atoms with van der Waals surface area (Å²) in [5, 5.41) is 2.79. The van der Waals surface area contributed by atoms with Crippen molar-refractivity contribution in [3.63, 3.8) is 0 Å². The number of ether oxygens (including phenoxy) is 2. The highest BCUT2D eigenvalue weighted by molar-refractivity contribution is 5.89. The fourth-order valence-corrected chi connectivity index (χ4v) is 2.66. The van der Waals surface area contributed by atoms with Gasteiger partial charge in [0.25, 0.3) is 5.91 Å². The fraction of sp³-hybridized carbons (Fsp3) is 0.136. The Labute approximate surface area is 168 Å². The molecule has 3 aromatic rings. The van der Waals surface area contributed by atoms with Gasteiger partial charge >= 0.3 is 5.97 Å². The van der Waals surface area contributed by atoms with Gasteiger partial charge in [0, 0.05) is 24.5 Å². The van der Waals surface area contributed by atoms with E-state index in [9.17, 15) is 9.59 Å². The molecule has 0 radical (unpaired) electrons. The Morgan fingerprint density at radius 2 is 1.90 bits per heavy atom. The number of carbonyl (C=O) groups excluding carboxylic acids is 2. The van der Waals surface area contributed by atoms with E-state index in [-0.39, 0.29) is 12.5 Å². The number of benzene rings is 2. The molecule has 3 rings (SSSR count). The summed E-state index contributed by atoms with van der Waals surface area (Å²) < 4.78 is 12.1. The molecular weight excluding hydrogens is 370 g/mol. The highest BCUT2D eigenvalue weighted by Gasteiger charge is 2.11. The maximum atomic E-state index is 12.2. The third-order valence-corrected chi connectivity index (χ3v) is 4.24. The second-order valence-corrected chi connectivity index (χ2v) is 6.17. The third-order valence-electron chi connectivity index (χ3n) is 4.24. The van der Waals surface area contributed by atoms with Gasteiger partial charge in [0.1, 0.15) is 5.75 Å². The van der Waals surface area contributed by atoms with Crippen LogP contribution in [0.4, 0.5) is 0 Å². The summed E-state index contributed by atoms with van der Waals surface area (Å²) in [6.07, 6.45) is 5.11. The van der Waals surface area contributed by atoms with Crippen LogP contribution >= 0.6 is 0 Å². The molecular formula is C22H21N3O4. The second kappa shape index (κ2) is 9.36. The van der Waals surface area contributed by atoms with Gasteiger partial charge in [-0.3, -0.25) is 4.79 Å². The molecule has 7 heteroatoms. The summed E-state index contributed by atoms with van der Waals surface area (Å²) in [7, 11) is 1.33. The SMILES string of the molecule is C=C(c1ccccc1OCC(=O)NCc1ccc(C(=O)OC)cc1)n1ccnc1. The van der Waals surface area contributed by atoms with E-state index in [4.69, 9.17) is 4.74 Å². The van der Waals surface area contributed by atoms with Crippen LogP contribution in [0.25, 0.3) is 5.70 Å². The quantitative estimate of drug-likeness (QED) is 0.597. The van der Waals surface area contributed by atoms with Crippen LogP contribution in [0.5, 0.6) is 5.75 Å². The van der Waals surface area contributed by atoms with E-state index >= 15 is 0 Å². The second-order valence-electron chi connectivity index (χ2n) is 6.17. The number of imidazole rings is 1. The van der Waals surface area contributed by atoms with Gasteiger partial charge in [0.2, 0.25) is 0 Å². The Morgan fingerprint density at radius 3 is 2.59 bits per heavy atom. The summed E-state index contributed by atoms with van der Waals surface area (Å²) in [4.78, 5) is 27.6. The van der Waals surface area contributed by atoms with Crippen molar-refractivity contribution in [3.05, 3.63) is 90.5 Å². The highest BCUT2D eigenvalue weighted by atomic mass is 16.5. The minimum absolute atomic E-state index is 0.130. The van der Waals surface area contributed by atoms with Crippen LogP contribution in [0, 0.1) is 0 Å². The molecule has 0 spiro atoms. The number of nitrogens with one attached hydrogen (secondary N) is 1. The summed E-state index contributed by atoms with van der Waals surface area (Å²) in [5.41, 5.74) is 2.79. The molecule has 2 aromatic carbocycles. The molecule has 0 fully saturated rings. The van der Waals surface area contributed by atoms with Crippen LogP contribution in [0.3, 0.4) is 0 Å². The molecule has 1 aromatic heterocycles. The summed E-state index contributed by atoms with van der Waals surface area (Å²) in [5.74, 6) is -0.0983. The largest absolute Gasteiger partial charge is 0.483 e. The molecule has 148 valence electrons. The Hall–Kier alpha value is -3.87. The van der Waals surface area contributed by atoms with Crippen LogP contribution in [-0.2, 0) is 16.1 Å². The van der Waals surface area contributed by atoms with Gasteiger partial charge in [-0.2, -0.15) is 0 Å². The molecule has 1 amide bonds. The highest BCUT2D eigenvalue weighted by Crippen LogP contribution is 2.25. The first-order valence-corrected chi connectivity index (χ1v) is 8.92. The Morgan fingerprint density at radius 1 is 1.14 bits per heavy atom. The minimum Gasteiger partial charge on any atom is -0.483 e. The predicted molar refractivity (Wildman–Crippen MR) is 108 cm³/mol. The maximum absolute atomic E-state index is 12.2. The monoisotopic (exact) mass is 391 g/mol. The number of rotatable bonds is 8. The molecule has 7 nitrogen and oxygen atoms in total. The van der Waals surface area contributed by atoms with Gasteiger partial charge in [-0.25, -0.2) is 9.78 Å². The topological polar surface area (TPSA) is 82.5 Å². The minimum atomic E-state index is -0.398. The number of carbonyl (C=O) groups is 2. The van der Waals surface area contributed by atoms with E-state index < -0.39 is 5.97 Å². The van der Waals surface area contributed by atoms with Crippen molar-refractivity contribution in [1.82, 2.24) is 14.9 Å². The van der Waals surface area contributed by atoms with Gasteiger partial charge in [-0.05, 0) is 29.8 Å². The van der Waals surface area contributed by atoms with Gasteiger partial charge < -0.3 is 19.4 Å². The van der Waals surface area contributed by atoms with Crippen molar-refractivity contribution in [2.75, 3.05) is 13.7 Å². The summed E-state index contributed by atoms with van der Waals surface area (Å²) >= 11 is 0. The molecule has 0 atom stereocenters. The zero-order valence-electron chi connectivity index (χ0n) is 16.0. The van der Waals surface area contributed by atoms with Crippen LogP contribution in [-0.4, -0.2) is 35.1 Å². The molecule has 0 bridgehead atoms. The lowest BCUT2D eigenvalue weighted by Crippen LogP contribution is -2.28. The number of amides is 1. The Bertz CT molecular complexity index is 995. The average molecular weight is 391 g/mol. The molecule has 0 aliphatic rings. The Balaban J connectivity index is 1.55. The first-order valence-electron chi connectivity index (χ1n) is 8.92. The summed E-state index contributed by atoms with van der Waals surface area (Å²) in [6, 6.07) is 14.2. The van der Waals surface area contributed by atoms with Crippen molar-refractivity contribution < 1.29 is 19.1 Å². The molecule has 1 N–H and O–H groups in total. The van der Waals surface area contributed by atoms with E-state index in [1.54, 1.807) is 53.6 Å². The molecule has 0 aliphatic heterocycles. The van der Waals surface area contributed by atoms with Crippen LogP contribution in [0.1, 0.15) is 21.5 Å². The zero-order chi connectivity index (χ0) is 20.6. The van der Waals surface area contributed by atoms with E-state index in [1.165, 1.54) is 7.11 Å². The number of nitrogens with zero attached hydrogens (tertiary/aromatic N) is 2. The zero-order valence-corrected chi connectivity index (χ0v) is 16.0. The summed E-state index contributed by atoms with van der Waals surface area (Å²) in [6.45, 7) is 4.26. The van der Waals surface area contributed by atoms with Crippen LogP contribution < -0.4 is 10.1 Å². The predicted octanol–water partition coefficient (Wildman–Crippen LogP) is 2.88. The molecule has 29 heavy (non-hydrogen) atoms. The molecule has 1 heterocycles.